The second-order valence-electron chi connectivity index (χ2n) is 4.96. The van der Waals surface area contributed by atoms with Crippen LogP contribution in [-0.4, -0.2) is 21.1 Å². The van der Waals surface area contributed by atoms with Gasteiger partial charge in [0.05, 0.1) is 5.56 Å². The van der Waals surface area contributed by atoms with Crippen LogP contribution in [0.15, 0.2) is 36.4 Å². The summed E-state index contributed by atoms with van der Waals surface area (Å²) in [5.74, 6) is -2.14. The predicted molar refractivity (Wildman–Crippen MR) is 79.9 cm³/mol. The van der Waals surface area contributed by atoms with E-state index in [9.17, 15) is 20.1 Å². The van der Waals surface area contributed by atoms with Gasteiger partial charge < -0.3 is 15.3 Å². The van der Waals surface area contributed by atoms with Crippen LogP contribution in [0.3, 0.4) is 0 Å². The molecule has 0 amide bonds. The Morgan fingerprint density at radius 3 is 2.24 bits per heavy atom. The van der Waals surface area contributed by atoms with E-state index in [-0.39, 0.29) is 5.56 Å². The van der Waals surface area contributed by atoms with Gasteiger partial charge in [-0.25, -0.2) is 0 Å². The lowest BCUT2D eigenvalue weighted by atomic mass is 9.99. The molecule has 0 radical (unpaired) electrons. The molecule has 3 N–H and O–H groups in total. The van der Waals surface area contributed by atoms with E-state index in [1.54, 1.807) is 12.1 Å². The molecule has 0 atom stereocenters. The SMILES string of the molecule is CCCCc1ccc(C(=O)c2ccc(O)c(O)c2O)cc1. The number of rotatable bonds is 5. The van der Waals surface area contributed by atoms with E-state index < -0.39 is 23.0 Å². The number of ketones is 1. The summed E-state index contributed by atoms with van der Waals surface area (Å²) in [6.07, 6.45) is 3.18. The highest BCUT2D eigenvalue weighted by Gasteiger charge is 2.18. The lowest BCUT2D eigenvalue weighted by Gasteiger charge is -2.07. The van der Waals surface area contributed by atoms with Crippen LogP contribution >= 0.6 is 0 Å². The zero-order valence-corrected chi connectivity index (χ0v) is 11.8. The molecule has 0 saturated heterocycles. The second kappa shape index (κ2) is 6.31. The molecule has 0 fully saturated rings. The van der Waals surface area contributed by atoms with Gasteiger partial charge in [0.2, 0.25) is 5.75 Å². The van der Waals surface area contributed by atoms with Crippen LogP contribution in [0.25, 0.3) is 0 Å². The van der Waals surface area contributed by atoms with Gasteiger partial charge in [-0.15, -0.1) is 0 Å². The summed E-state index contributed by atoms with van der Waals surface area (Å²) < 4.78 is 0. The second-order valence-corrected chi connectivity index (χ2v) is 4.96. The van der Waals surface area contributed by atoms with Gasteiger partial charge in [-0.05, 0) is 30.5 Å². The third-order valence-electron chi connectivity index (χ3n) is 3.41. The van der Waals surface area contributed by atoms with E-state index in [1.807, 2.05) is 12.1 Å². The van der Waals surface area contributed by atoms with Crippen molar-refractivity contribution in [3.63, 3.8) is 0 Å². The summed E-state index contributed by atoms with van der Waals surface area (Å²) in [6.45, 7) is 2.12. The molecule has 0 aliphatic rings. The molecule has 4 nitrogen and oxygen atoms in total. The van der Waals surface area contributed by atoms with Crippen molar-refractivity contribution in [2.24, 2.45) is 0 Å². The Hall–Kier alpha value is -2.49. The summed E-state index contributed by atoms with van der Waals surface area (Å²) in [4.78, 5) is 12.3. The summed E-state index contributed by atoms with van der Waals surface area (Å²) in [5.41, 5.74) is 1.55. The van der Waals surface area contributed by atoms with Crippen LogP contribution < -0.4 is 0 Å². The summed E-state index contributed by atoms with van der Waals surface area (Å²) in [7, 11) is 0. The highest BCUT2D eigenvalue weighted by Crippen LogP contribution is 2.37. The molecule has 110 valence electrons. The number of aromatic hydroxyl groups is 3. The molecule has 2 rings (SSSR count). The highest BCUT2D eigenvalue weighted by atomic mass is 16.3. The molecule has 0 aliphatic carbocycles. The molecule has 2 aromatic carbocycles. The number of benzene rings is 2. The van der Waals surface area contributed by atoms with Crippen molar-refractivity contribution in [2.45, 2.75) is 26.2 Å². The molecule has 0 saturated carbocycles. The van der Waals surface area contributed by atoms with Gasteiger partial charge >= 0.3 is 0 Å². The van der Waals surface area contributed by atoms with Crippen LogP contribution in [0.5, 0.6) is 17.2 Å². The number of hydrogen-bond donors (Lipinski definition) is 3. The highest BCUT2D eigenvalue weighted by molar-refractivity contribution is 6.11. The van der Waals surface area contributed by atoms with Gasteiger partial charge in [-0.1, -0.05) is 37.6 Å². The number of aryl methyl sites for hydroxylation is 1. The molecule has 21 heavy (non-hydrogen) atoms. The van der Waals surface area contributed by atoms with Crippen LogP contribution in [0, 0.1) is 0 Å². The molecule has 0 spiro atoms. The smallest absolute Gasteiger partial charge is 0.201 e. The van der Waals surface area contributed by atoms with E-state index in [0.29, 0.717) is 5.56 Å². The minimum Gasteiger partial charge on any atom is -0.504 e. The Morgan fingerprint density at radius 1 is 0.952 bits per heavy atom. The third kappa shape index (κ3) is 3.16. The normalized spacial score (nSPS) is 10.5. The van der Waals surface area contributed by atoms with Crippen molar-refractivity contribution in [3.05, 3.63) is 53.1 Å². The van der Waals surface area contributed by atoms with Gasteiger partial charge in [0.1, 0.15) is 0 Å². The summed E-state index contributed by atoms with van der Waals surface area (Å²) >= 11 is 0. The molecular formula is C17H18O4. The van der Waals surface area contributed by atoms with Gasteiger partial charge in [-0.3, -0.25) is 4.79 Å². The molecule has 0 aliphatic heterocycles. The molecule has 0 aromatic heterocycles. The first-order valence-corrected chi connectivity index (χ1v) is 6.92. The first-order valence-electron chi connectivity index (χ1n) is 6.92. The number of hydrogen-bond acceptors (Lipinski definition) is 4. The van der Waals surface area contributed by atoms with Crippen molar-refractivity contribution in [2.75, 3.05) is 0 Å². The van der Waals surface area contributed by atoms with Crippen molar-refractivity contribution in [1.82, 2.24) is 0 Å². The quantitative estimate of drug-likeness (QED) is 0.581. The van der Waals surface area contributed by atoms with Crippen LogP contribution in [-0.2, 0) is 6.42 Å². The Morgan fingerprint density at radius 2 is 1.62 bits per heavy atom. The van der Waals surface area contributed by atoms with Crippen molar-refractivity contribution >= 4 is 5.78 Å². The minimum absolute atomic E-state index is 0.0355. The van der Waals surface area contributed by atoms with Crippen molar-refractivity contribution in [3.8, 4) is 17.2 Å². The van der Waals surface area contributed by atoms with Gasteiger partial charge in [0, 0.05) is 5.56 Å². The average Bonchev–Trinajstić information content (AvgIpc) is 2.51. The fourth-order valence-corrected chi connectivity index (χ4v) is 2.11. The number of unbranched alkanes of at least 4 members (excludes halogenated alkanes) is 1. The molecular weight excluding hydrogens is 268 g/mol. The standard InChI is InChI=1S/C17H18O4/c1-2-3-4-11-5-7-12(8-6-11)15(19)13-9-10-14(18)17(21)16(13)20/h5-10,18,20-21H,2-4H2,1H3. The monoisotopic (exact) mass is 286 g/mol. The maximum absolute atomic E-state index is 12.3. The lowest BCUT2D eigenvalue weighted by Crippen LogP contribution is -2.02. The van der Waals surface area contributed by atoms with E-state index >= 15 is 0 Å². The van der Waals surface area contributed by atoms with Gasteiger partial charge in [-0.2, -0.15) is 0 Å². The van der Waals surface area contributed by atoms with Gasteiger partial charge in [0.25, 0.3) is 0 Å². The fraction of sp³-hybridized carbons (Fsp3) is 0.235. The van der Waals surface area contributed by atoms with Crippen LogP contribution in [0.2, 0.25) is 0 Å². The Kier molecular flexibility index (Phi) is 4.48. The number of carbonyl (C=O) groups is 1. The maximum atomic E-state index is 12.3. The fourth-order valence-electron chi connectivity index (χ4n) is 2.11. The Balaban J connectivity index is 2.26. The van der Waals surface area contributed by atoms with Gasteiger partial charge in [0.15, 0.2) is 17.3 Å². The molecule has 0 heterocycles. The van der Waals surface area contributed by atoms with Crippen LogP contribution in [0.4, 0.5) is 0 Å². The third-order valence-corrected chi connectivity index (χ3v) is 3.41. The lowest BCUT2D eigenvalue weighted by molar-refractivity contribution is 0.103. The van der Waals surface area contributed by atoms with E-state index in [2.05, 4.69) is 6.92 Å². The Labute approximate surface area is 123 Å². The largest absolute Gasteiger partial charge is 0.504 e. The number of carbonyl (C=O) groups excluding carboxylic acids is 1. The topological polar surface area (TPSA) is 77.8 Å². The minimum atomic E-state index is -0.680. The van der Waals surface area contributed by atoms with E-state index in [0.717, 1.165) is 24.8 Å². The molecule has 0 unspecified atom stereocenters. The first kappa shape index (κ1) is 14.9. The molecule has 2 aromatic rings. The van der Waals surface area contributed by atoms with E-state index in [4.69, 9.17) is 0 Å². The summed E-state index contributed by atoms with van der Waals surface area (Å²) in [5, 5.41) is 28.5. The Bertz CT molecular complexity index is 645. The van der Waals surface area contributed by atoms with E-state index in [1.165, 1.54) is 12.1 Å². The predicted octanol–water partition coefficient (Wildman–Crippen LogP) is 3.38. The first-order chi connectivity index (χ1) is 10.0. The zero-order chi connectivity index (χ0) is 15.4. The van der Waals surface area contributed by atoms with Crippen LogP contribution in [0.1, 0.15) is 41.3 Å². The van der Waals surface area contributed by atoms with Crippen molar-refractivity contribution in [1.29, 1.82) is 0 Å². The number of phenols is 3. The molecule has 0 bridgehead atoms. The number of phenolic OH excluding ortho intramolecular Hbond substituents is 3. The molecule has 4 heteroatoms. The van der Waals surface area contributed by atoms with Crippen molar-refractivity contribution < 1.29 is 20.1 Å². The average molecular weight is 286 g/mol. The zero-order valence-electron chi connectivity index (χ0n) is 11.8. The summed E-state index contributed by atoms with van der Waals surface area (Å²) in [6, 6.07) is 9.66. The maximum Gasteiger partial charge on any atom is 0.201 e.